The van der Waals surface area contributed by atoms with Crippen molar-refractivity contribution in [2.45, 2.75) is 76.8 Å². The predicted octanol–water partition coefficient (Wildman–Crippen LogP) is 4.64. The third-order valence-corrected chi connectivity index (χ3v) is 7.69. The summed E-state index contributed by atoms with van der Waals surface area (Å²) in [4.78, 5) is 39.1. The van der Waals surface area contributed by atoms with E-state index in [0.29, 0.717) is 24.1 Å². The Hall–Kier alpha value is -3.16. The Balaban J connectivity index is 1.38. The molecule has 1 aromatic heterocycles. The smallest absolute Gasteiger partial charge is 0.251 e. The first-order valence-electron chi connectivity index (χ1n) is 13.1. The quantitative estimate of drug-likeness (QED) is 0.653. The zero-order valence-electron chi connectivity index (χ0n) is 20.8. The molecule has 0 saturated heterocycles. The van der Waals surface area contributed by atoms with Gasteiger partial charge in [-0.15, -0.1) is 0 Å². The standard InChI is InChI=1S/C27H36N6O2/c1-18-17-33(22-13-6-7-14-22)24-23(32(2)26(18)35)16-28-27(31-24)30-21-12-8-9-19(15-21)25(34)29-20-10-4-3-5-11-20/h8-9,12,15-16,18,20,22H,3-7,10-11,13-14,17H2,1-2H3,(H,29,34)(H,28,30,31). The number of nitrogens with one attached hydrogen (secondary N) is 2. The average Bonchev–Trinajstić information content (AvgIpc) is 3.39. The lowest BCUT2D eigenvalue weighted by Gasteiger charge is -2.31. The summed E-state index contributed by atoms with van der Waals surface area (Å²) in [6.45, 7) is 2.65. The normalized spacial score (nSPS) is 21.5. The molecule has 2 saturated carbocycles. The molecule has 3 aliphatic rings. The number of carbonyl (C=O) groups excluding carboxylic acids is 2. The minimum Gasteiger partial charge on any atom is -0.351 e. The summed E-state index contributed by atoms with van der Waals surface area (Å²) >= 11 is 0. The second-order valence-electron chi connectivity index (χ2n) is 10.3. The van der Waals surface area contributed by atoms with Crippen molar-refractivity contribution >= 4 is 35.0 Å². The van der Waals surface area contributed by atoms with Crippen molar-refractivity contribution < 1.29 is 9.59 Å². The molecular weight excluding hydrogens is 440 g/mol. The summed E-state index contributed by atoms with van der Waals surface area (Å²) in [5, 5.41) is 6.47. The molecule has 5 rings (SSSR count). The fourth-order valence-corrected chi connectivity index (χ4v) is 5.70. The van der Waals surface area contributed by atoms with Gasteiger partial charge >= 0.3 is 0 Å². The van der Waals surface area contributed by atoms with Crippen LogP contribution in [0, 0.1) is 5.92 Å². The van der Waals surface area contributed by atoms with E-state index in [4.69, 9.17) is 4.98 Å². The summed E-state index contributed by atoms with van der Waals surface area (Å²) in [5.74, 6) is 1.22. The first-order valence-corrected chi connectivity index (χ1v) is 13.1. The topological polar surface area (TPSA) is 90.5 Å². The Morgan fingerprint density at radius 2 is 1.80 bits per heavy atom. The van der Waals surface area contributed by atoms with Crippen LogP contribution < -0.4 is 20.4 Å². The lowest BCUT2D eigenvalue weighted by molar-refractivity contribution is -0.121. The molecule has 2 fully saturated rings. The SMILES string of the molecule is CC1CN(C2CCCC2)c2nc(Nc3cccc(C(=O)NC4CCCCC4)c3)ncc2N(C)C1=O. The van der Waals surface area contributed by atoms with Crippen LogP contribution in [-0.4, -0.2) is 47.5 Å². The van der Waals surface area contributed by atoms with Crippen molar-refractivity contribution in [3.63, 3.8) is 0 Å². The molecule has 2 amide bonds. The molecular formula is C27H36N6O2. The van der Waals surface area contributed by atoms with Crippen LogP contribution in [0.4, 0.5) is 23.1 Å². The van der Waals surface area contributed by atoms with Crippen LogP contribution in [-0.2, 0) is 4.79 Å². The van der Waals surface area contributed by atoms with Gasteiger partial charge in [0.15, 0.2) is 5.82 Å². The highest BCUT2D eigenvalue weighted by Gasteiger charge is 2.35. The lowest BCUT2D eigenvalue weighted by Crippen LogP contribution is -2.38. The number of hydrogen-bond acceptors (Lipinski definition) is 6. The second kappa shape index (κ2) is 10.2. The van der Waals surface area contributed by atoms with Crippen molar-refractivity contribution in [2.24, 2.45) is 5.92 Å². The molecule has 35 heavy (non-hydrogen) atoms. The fraction of sp³-hybridized carbons (Fsp3) is 0.556. The lowest BCUT2D eigenvalue weighted by atomic mass is 9.95. The largest absolute Gasteiger partial charge is 0.351 e. The molecule has 8 nitrogen and oxygen atoms in total. The number of benzene rings is 1. The number of fused-ring (bicyclic) bond motifs is 1. The summed E-state index contributed by atoms with van der Waals surface area (Å²) in [7, 11) is 1.81. The van der Waals surface area contributed by atoms with E-state index in [-0.39, 0.29) is 23.8 Å². The molecule has 1 aliphatic heterocycles. The van der Waals surface area contributed by atoms with Crippen LogP contribution >= 0.6 is 0 Å². The van der Waals surface area contributed by atoms with E-state index in [1.54, 1.807) is 18.1 Å². The van der Waals surface area contributed by atoms with Crippen LogP contribution in [0.15, 0.2) is 30.5 Å². The maximum atomic E-state index is 12.9. The van der Waals surface area contributed by atoms with Gasteiger partial charge in [0.1, 0.15) is 5.69 Å². The fourth-order valence-electron chi connectivity index (χ4n) is 5.70. The monoisotopic (exact) mass is 476 g/mol. The van der Waals surface area contributed by atoms with Gasteiger partial charge in [0.05, 0.1) is 12.1 Å². The minimum atomic E-state index is -0.106. The Labute approximate surface area is 207 Å². The Bertz CT molecular complexity index is 1080. The van der Waals surface area contributed by atoms with Crippen molar-refractivity contribution in [2.75, 3.05) is 28.7 Å². The molecule has 2 heterocycles. The van der Waals surface area contributed by atoms with Crippen LogP contribution in [0.25, 0.3) is 0 Å². The molecule has 2 aromatic rings. The van der Waals surface area contributed by atoms with E-state index in [0.717, 1.165) is 42.9 Å². The van der Waals surface area contributed by atoms with Gasteiger partial charge < -0.3 is 20.4 Å². The number of nitrogens with zero attached hydrogens (tertiary/aromatic N) is 4. The van der Waals surface area contributed by atoms with E-state index >= 15 is 0 Å². The minimum absolute atomic E-state index is 0.0371. The average molecular weight is 477 g/mol. The zero-order chi connectivity index (χ0) is 24.4. The van der Waals surface area contributed by atoms with E-state index in [1.165, 1.54) is 32.1 Å². The van der Waals surface area contributed by atoms with E-state index in [2.05, 4.69) is 20.5 Å². The van der Waals surface area contributed by atoms with Crippen LogP contribution in [0.5, 0.6) is 0 Å². The number of carbonyl (C=O) groups is 2. The van der Waals surface area contributed by atoms with Crippen molar-refractivity contribution in [1.29, 1.82) is 0 Å². The summed E-state index contributed by atoms with van der Waals surface area (Å²) in [6, 6.07) is 8.14. The molecule has 8 heteroatoms. The van der Waals surface area contributed by atoms with E-state index in [1.807, 2.05) is 31.2 Å². The van der Waals surface area contributed by atoms with Gasteiger partial charge in [-0.3, -0.25) is 9.59 Å². The number of anilines is 4. The Morgan fingerprint density at radius 1 is 1.06 bits per heavy atom. The van der Waals surface area contributed by atoms with E-state index in [9.17, 15) is 9.59 Å². The van der Waals surface area contributed by atoms with Crippen molar-refractivity contribution in [3.05, 3.63) is 36.0 Å². The van der Waals surface area contributed by atoms with Crippen LogP contribution in [0.2, 0.25) is 0 Å². The maximum Gasteiger partial charge on any atom is 0.251 e. The number of hydrogen-bond donors (Lipinski definition) is 2. The number of aromatic nitrogens is 2. The molecule has 1 aromatic carbocycles. The third kappa shape index (κ3) is 5.11. The van der Waals surface area contributed by atoms with Gasteiger partial charge in [0, 0.05) is 36.9 Å². The van der Waals surface area contributed by atoms with E-state index < -0.39 is 0 Å². The Morgan fingerprint density at radius 3 is 2.57 bits per heavy atom. The summed E-state index contributed by atoms with van der Waals surface area (Å²) in [5.41, 5.74) is 2.14. The zero-order valence-corrected chi connectivity index (χ0v) is 20.8. The van der Waals surface area contributed by atoms with Crippen molar-refractivity contribution in [1.82, 2.24) is 15.3 Å². The summed E-state index contributed by atoms with van der Waals surface area (Å²) in [6.07, 6.45) is 12.1. The van der Waals surface area contributed by atoms with Crippen molar-refractivity contribution in [3.8, 4) is 0 Å². The molecule has 2 N–H and O–H groups in total. The molecule has 0 bridgehead atoms. The highest BCUT2D eigenvalue weighted by atomic mass is 16.2. The van der Waals surface area contributed by atoms with Crippen LogP contribution in [0.1, 0.15) is 75.1 Å². The van der Waals surface area contributed by atoms with Gasteiger partial charge in [-0.1, -0.05) is 45.1 Å². The van der Waals surface area contributed by atoms with Gasteiger partial charge in [-0.25, -0.2) is 4.98 Å². The number of rotatable bonds is 5. The highest BCUT2D eigenvalue weighted by molar-refractivity contribution is 5.99. The van der Waals surface area contributed by atoms with Gasteiger partial charge in [0.2, 0.25) is 11.9 Å². The highest BCUT2D eigenvalue weighted by Crippen LogP contribution is 2.37. The van der Waals surface area contributed by atoms with Crippen LogP contribution in [0.3, 0.4) is 0 Å². The van der Waals surface area contributed by atoms with Gasteiger partial charge in [-0.05, 0) is 43.9 Å². The molecule has 1 unspecified atom stereocenters. The third-order valence-electron chi connectivity index (χ3n) is 7.69. The second-order valence-corrected chi connectivity index (χ2v) is 10.3. The molecule has 1 atom stereocenters. The Kier molecular flexibility index (Phi) is 6.88. The first-order chi connectivity index (χ1) is 17.0. The first kappa shape index (κ1) is 23.6. The summed E-state index contributed by atoms with van der Waals surface area (Å²) < 4.78 is 0. The molecule has 0 spiro atoms. The van der Waals surface area contributed by atoms with Gasteiger partial charge in [-0.2, -0.15) is 4.98 Å². The molecule has 2 aliphatic carbocycles. The van der Waals surface area contributed by atoms with Gasteiger partial charge in [0.25, 0.3) is 5.91 Å². The maximum absolute atomic E-state index is 12.9. The molecule has 186 valence electrons. The molecule has 0 radical (unpaired) electrons. The predicted molar refractivity (Wildman–Crippen MR) is 138 cm³/mol. The number of amides is 2.